The van der Waals surface area contributed by atoms with Crippen molar-refractivity contribution in [1.82, 2.24) is 9.88 Å². The molecule has 1 aromatic heterocycles. The summed E-state index contributed by atoms with van der Waals surface area (Å²) in [7, 11) is 2.13. The van der Waals surface area contributed by atoms with Crippen molar-refractivity contribution in [3.05, 3.63) is 63.0 Å². The van der Waals surface area contributed by atoms with E-state index >= 15 is 0 Å². The second-order valence-electron chi connectivity index (χ2n) is 7.77. The van der Waals surface area contributed by atoms with E-state index in [1.807, 2.05) is 12.1 Å². The van der Waals surface area contributed by atoms with Crippen molar-refractivity contribution in [2.75, 3.05) is 48.8 Å². The summed E-state index contributed by atoms with van der Waals surface area (Å²) in [5, 5.41) is 6.80. The fourth-order valence-electron chi connectivity index (χ4n) is 3.55. The van der Waals surface area contributed by atoms with Gasteiger partial charge in [0, 0.05) is 44.5 Å². The van der Waals surface area contributed by atoms with Crippen LogP contribution >= 0.6 is 34.5 Å². The number of amides is 1. The maximum atomic E-state index is 13.2. The highest BCUT2D eigenvalue weighted by Crippen LogP contribution is 2.35. The Bertz CT molecular complexity index is 1150. The predicted octanol–water partition coefficient (Wildman–Crippen LogP) is 5.13. The third-order valence-electron chi connectivity index (χ3n) is 5.30. The van der Waals surface area contributed by atoms with Crippen LogP contribution in [-0.4, -0.2) is 54.8 Å². The Kier molecular flexibility index (Phi) is 7.19. The zero-order valence-electron chi connectivity index (χ0n) is 18.2. The topological polar surface area (TPSA) is 77.6 Å². The normalized spacial score (nSPS) is 14.2. The molecule has 0 spiro atoms. The first-order valence-corrected chi connectivity index (χ1v) is 12.0. The lowest BCUT2D eigenvalue weighted by molar-refractivity contribution is -0.114. The Hall–Kier alpha value is -2.65. The first-order valence-electron chi connectivity index (χ1n) is 10.4. The fraction of sp³-hybridized carbons (Fsp3) is 0.261. The van der Waals surface area contributed by atoms with Crippen LogP contribution in [0.5, 0.6) is 0 Å². The molecule has 7 nitrogen and oxygen atoms in total. The van der Waals surface area contributed by atoms with Crippen LogP contribution in [0.15, 0.2) is 42.5 Å². The van der Waals surface area contributed by atoms with E-state index in [9.17, 15) is 9.59 Å². The second-order valence-corrected chi connectivity index (χ2v) is 9.58. The van der Waals surface area contributed by atoms with Gasteiger partial charge in [0.15, 0.2) is 10.9 Å². The van der Waals surface area contributed by atoms with E-state index in [1.165, 1.54) is 6.92 Å². The number of hydrogen-bond donors (Lipinski definition) is 2. The van der Waals surface area contributed by atoms with Gasteiger partial charge in [-0.05, 0) is 43.4 Å². The quantitative estimate of drug-likeness (QED) is 0.453. The van der Waals surface area contributed by atoms with Gasteiger partial charge in [-0.1, -0.05) is 40.6 Å². The molecule has 172 valence electrons. The summed E-state index contributed by atoms with van der Waals surface area (Å²) < 4.78 is 0. The highest BCUT2D eigenvalue weighted by Gasteiger charge is 2.24. The van der Waals surface area contributed by atoms with Crippen LogP contribution in [0.1, 0.15) is 22.2 Å². The Labute approximate surface area is 206 Å². The van der Waals surface area contributed by atoms with E-state index in [2.05, 4.69) is 44.6 Å². The van der Waals surface area contributed by atoms with Gasteiger partial charge in [-0.25, -0.2) is 4.98 Å². The zero-order valence-corrected chi connectivity index (χ0v) is 20.5. The van der Waals surface area contributed by atoms with Gasteiger partial charge in [0.2, 0.25) is 11.7 Å². The molecule has 1 aliphatic heterocycles. The molecule has 0 atom stereocenters. The summed E-state index contributed by atoms with van der Waals surface area (Å²) in [6.45, 7) is 5.42. The van der Waals surface area contributed by atoms with Gasteiger partial charge in [-0.3, -0.25) is 9.59 Å². The molecule has 0 aliphatic carbocycles. The van der Waals surface area contributed by atoms with Crippen LogP contribution < -0.4 is 15.5 Å². The third-order valence-corrected chi connectivity index (χ3v) is 6.90. The summed E-state index contributed by atoms with van der Waals surface area (Å²) in [5.74, 6) is -0.557. The number of likely N-dealkylation sites (N-methyl/N-ethyl adjacent to an activating group) is 1. The minimum Gasteiger partial charge on any atom is -0.369 e. The lowest BCUT2D eigenvalue weighted by atomic mass is 10.1. The van der Waals surface area contributed by atoms with E-state index in [1.54, 1.807) is 18.2 Å². The van der Waals surface area contributed by atoms with E-state index in [4.69, 9.17) is 23.2 Å². The first-order chi connectivity index (χ1) is 15.8. The van der Waals surface area contributed by atoms with Gasteiger partial charge in [0.25, 0.3) is 0 Å². The van der Waals surface area contributed by atoms with Crippen LogP contribution in [0.4, 0.5) is 22.3 Å². The number of rotatable bonds is 6. The molecular formula is C23H23Cl2N5O2S. The van der Waals surface area contributed by atoms with Gasteiger partial charge in [0.1, 0.15) is 4.88 Å². The molecule has 10 heteroatoms. The SMILES string of the molecule is CC(=O)Nc1nc(Nc2ccc(N3CCN(C)CC3)cc2)sc1C(=O)c1c(Cl)cccc1Cl. The van der Waals surface area contributed by atoms with Gasteiger partial charge >= 0.3 is 0 Å². The van der Waals surface area contributed by atoms with Crippen molar-refractivity contribution in [3.8, 4) is 0 Å². The smallest absolute Gasteiger partial charge is 0.222 e. The number of nitrogens with zero attached hydrogens (tertiary/aromatic N) is 3. The van der Waals surface area contributed by atoms with Crippen molar-refractivity contribution in [2.24, 2.45) is 0 Å². The van der Waals surface area contributed by atoms with E-state index < -0.39 is 5.78 Å². The number of piperazine rings is 1. The van der Waals surface area contributed by atoms with Gasteiger partial charge < -0.3 is 20.4 Å². The number of halogens is 2. The van der Waals surface area contributed by atoms with Crippen LogP contribution in [-0.2, 0) is 4.79 Å². The monoisotopic (exact) mass is 503 g/mol. The maximum Gasteiger partial charge on any atom is 0.222 e. The third kappa shape index (κ3) is 5.47. The Balaban J connectivity index is 1.57. The van der Waals surface area contributed by atoms with Crippen LogP contribution in [0, 0.1) is 0 Å². The maximum absolute atomic E-state index is 13.2. The van der Waals surface area contributed by atoms with Crippen molar-refractivity contribution in [1.29, 1.82) is 0 Å². The molecular weight excluding hydrogens is 481 g/mol. The predicted molar refractivity (Wildman–Crippen MR) is 136 cm³/mol. The molecule has 1 fully saturated rings. The van der Waals surface area contributed by atoms with E-state index in [0.717, 1.165) is 48.9 Å². The highest BCUT2D eigenvalue weighted by molar-refractivity contribution is 7.18. The molecule has 3 aromatic rings. The van der Waals surface area contributed by atoms with E-state index in [0.29, 0.717) is 5.13 Å². The summed E-state index contributed by atoms with van der Waals surface area (Å²) in [5.41, 5.74) is 2.17. The Morgan fingerprint density at radius 2 is 1.64 bits per heavy atom. The summed E-state index contributed by atoms with van der Waals surface area (Å²) in [4.78, 5) is 34.2. The lowest BCUT2D eigenvalue weighted by Crippen LogP contribution is -2.44. The van der Waals surface area contributed by atoms with Crippen molar-refractivity contribution < 1.29 is 9.59 Å². The number of thiazole rings is 1. The molecule has 4 rings (SSSR count). The number of benzene rings is 2. The van der Waals surface area contributed by atoms with Gasteiger partial charge in [0.05, 0.1) is 15.6 Å². The zero-order chi connectivity index (χ0) is 23.5. The number of aromatic nitrogens is 1. The molecule has 1 saturated heterocycles. The van der Waals surface area contributed by atoms with Gasteiger partial charge in [-0.2, -0.15) is 0 Å². The van der Waals surface area contributed by atoms with Crippen LogP contribution in [0.25, 0.3) is 0 Å². The van der Waals surface area contributed by atoms with Crippen LogP contribution in [0.3, 0.4) is 0 Å². The number of anilines is 4. The number of nitrogens with one attached hydrogen (secondary N) is 2. The minimum absolute atomic E-state index is 0.171. The Morgan fingerprint density at radius 3 is 2.24 bits per heavy atom. The molecule has 0 radical (unpaired) electrons. The standard InChI is InChI=1S/C23H23Cl2N5O2S/c1-14(31)26-22-21(20(32)19-17(24)4-3-5-18(19)25)33-23(28-22)27-15-6-8-16(9-7-15)30-12-10-29(2)11-13-30/h3-9H,10-13H2,1-2H3,(H,26,31)(H,27,28). The fourth-order valence-corrected chi connectivity index (χ4v) is 5.01. The number of hydrogen-bond acceptors (Lipinski definition) is 7. The second kappa shape index (κ2) is 10.1. The largest absolute Gasteiger partial charge is 0.369 e. The first kappa shape index (κ1) is 23.5. The van der Waals surface area contributed by atoms with Crippen molar-refractivity contribution in [2.45, 2.75) is 6.92 Å². The summed E-state index contributed by atoms with van der Waals surface area (Å²) in [6.07, 6.45) is 0. The Morgan fingerprint density at radius 1 is 1.00 bits per heavy atom. The number of ketones is 1. The van der Waals surface area contributed by atoms with Crippen molar-refractivity contribution >= 4 is 68.6 Å². The lowest BCUT2D eigenvalue weighted by Gasteiger charge is -2.34. The van der Waals surface area contributed by atoms with E-state index in [-0.39, 0.29) is 32.2 Å². The number of carbonyl (C=O) groups excluding carboxylic acids is 2. The molecule has 2 heterocycles. The molecule has 2 aromatic carbocycles. The molecule has 1 aliphatic rings. The highest BCUT2D eigenvalue weighted by atomic mass is 35.5. The average Bonchev–Trinajstić information content (AvgIpc) is 3.16. The van der Waals surface area contributed by atoms with Crippen molar-refractivity contribution in [3.63, 3.8) is 0 Å². The molecule has 0 bridgehead atoms. The molecule has 33 heavy (non-hydrogen) atoms. The van der Waals surface area contributed by atoms with Gasteiger partial charge in [-0.15, -0.1) is 0 Å². The molecule has 0 saturated carbocycles. The molecule has 2 N–H and O–H groups in total. The summed E-state index contributed by atoms with van der Waals surface area (Å²) >= 11 is 13.6. The summed E-state index contributed by atoms with van der Waals surface area (Å²) in [6, 6.07) is 12.9. The average molecular weight is 504 g/mol. The van der Waals surface area contributed by atoms with Crippen LogP contribution in [0.2, 0.25) is 10.0 Å². The minimum atomic E-state index is -0.398. The number of carbonyl (C=O) groups is 2. The molecule has 0 unspecified atom stereocenters. The molecule has 1 amide bonds.